The lowest BCUT2D eigenvalue weighted by Crippen LogP contribution is -2.53. The van der Waals surface area contributed by atoms with Gasteiger partial charge in [-0.1, -0.05) is 97.1 Å². The van der Waals surface area contributed by atoms with Crippen LogP contribution in [0.2, 0.25) is 0 Å². The molecule has 0 aromatic heterocycles. The average molecular weight is 535 g/mol. The zero-order valence-corrected chi connectivity index (χ0v) is 21.4. The molecule has 0 radical (unpaired) electrons. The van der Waals surface area contributed by atoms with E-state index in [4.69, 9.17) is 9.47 Å². The van der Waals surface area contributed by atoms with Gasteiger partial charge in [0.2, 0.25) is 6.17 Å². The van der Waals surface area contributed by atoms with Gasteiger partial charge in [0.15, 0.2) is 0 Å². The molecule has 0 saturated carbocycles. The molecule has 2 aliphatic rings. The second-order valence-corrected chi connectivity index (χ2v) is 9.71. The first-order valence-corrected chi connectivity index (χ1v) is 13.0. The number of carboxylic acid groups (broad SMARTS) is 1. The van der Waals surface area contributed by atoms with Crippen LogP contribution < -0.4 is 10.6 Å². The Kier molecular flexibility index (Phi) is 6.66. The molecular formula is C32H26N2O6. The van der Waals surface area contributed by atoms with Gasteiger partial charge in [-0.15, -0.1) is 0 Å². The van der Waals surface area contributed by atoms with Crippen LogP contribution in [0.25, 0.3) is 22.3 Å². The van der Waals surface area contributed by atoms with Gasteiger partial charge in [0, 0.05) is 11.8 Å². The Balaban J connectivity index is 1.06. The Bertz CT molecular complexity index is 1410. The molecule has 8 nitrogen and oxygen atoms in total. The quantitative estimate of drug-likeness (QED) is 0.271. The number of carboxylic acids is 1. The van der Waals surface area contributed by atoms with E-state index in [-0.39, 0.29) is 25.0 Å². The Morgan fingerprint density at radius 2 is 0.875 bits per heavy atom. The summed E-state index contributed by atoms with van der Waals surface area (Å²) in [5.74, 6) is -1.82. The van der Waals surface area contributed by atoms with Crippen molar-refractivity contribution in [2.45, 2.75) is 18.0 Å². The fraction of sp³-hybridized carbons (Fsp3) is 0.156. The number of nitrogens with one attached hydrogen (secondary N) is 2. The summed E-state index contributed by atoms with van der Waals surface area (Å²) in [5, 5.41) is 14.0. The fourth-order valence-electron chi connectivity index (χ4n) is 5.68. The number of aliphatic carboxylic acids is 1. The third-order valence-electron chi connectivity index (χ3n) is 7.46. The normalized spacial score (nSPS) is 13.1. The number of alkyl carbamates (subject to hydrolysis) is 2. The molecule has 0 heterocycles. The monoisotopic (exact) mass is 534 g/mol. The Morgan fingerprint density at radius 3 is 1.18 bits per heavy atom. The molecule has 40 heavy (non-hydrogen) atoms. The summed E-state index contributed by atoms with van der Waals surface area (Å²) in [6, 6.07) is 31.6. The van der Waals surface area contributed by atoms with Gasteiger partial charge in [-0.3, -0.25) is 10.6 Å². The molecule has 0 spiro atoms. The number of benzene rings is 4. The van der Waals surface area contributed by atoms with E-state index in [1.165, 1.54) is 0 Å². The Morgan fingerprint density at radius 1 is 0.575 bits per heavy atom. The maximum atomic E-state index is 12.6. The zero-order valence-electron chi connectivity index (χ0n) is 21.4. The number of carbonyl (C=O) groups excluding carboxylic acids is 2. The van der Waals surface area contributed by atoms with Gasteiger partial charge in [-0.05, 0) is 44.5 Å². The minimum Gasteiger partial charge on any atom is -0.478 e. The summed E-state index contributed by atoms with van der Waals surface area (Å²) in [6.07, 6.45) is -3.66. The fourth-order valence-corrected chi connectivity index (χ4v) is 5.68. The third kappa shape index (κ3) is 4.64. The zero-order chi connectivity index (χ0) is 27.6. The van der Waals surface area contributed by atoms with Crippen molar-refractivity contribution in [2.75, 3.05) is 13.2 Å². The van der Waals surface area contributed by atoms with Crippen molar-refractivity contribution < 1.29 is 29.0 Å². The van der Waals surface area contributed by atoms with E-state index in [9.17, 15) is 19.5 Å². The smallest absolute Gasteiger partial charge is 0.409 e. The van der Waals surface area contributed by atoms with Gasteiger partial charge < -0.3 is 14.6 Å². The highest BCUT2D eigenvalue weighted by molar-refractivity contribution is 5.84. The number of hydrogen-bond donors (Lipinski definition) is 3. The van der Waals surface area contributed by atoms with Gasteiger partial charge in [0.25, 0.3) is 0 Å². The molecule has 0 aliphatic heterocycles. The van der Waals surface area contributed by atoms with E-state index >= 15 is 0 Å². The van der Waals surface area contributed by atoms with E-state index in [2.05, 4.69) is 10.6 Å². The Hall–Kier alpha value is -5.11. The highest BCUT2D eigenvalue weighted by atomic mass is 16.6. The van der Waals surface area contributed by atoms with Crippen LogP contribution >= 0.6 is 0 Å². The summed E-state index contributed by atoms with van der Waals surface area (Å²) in [6.45, 7) is 0.0221. The molecular weight excluding hydrogens is 508 g/mol. The van der Waals surface area contributed by atoms with Crippen LogP contribution in [-0.2, 0) is 14.3 Å². The summed E-state index contributed by atoms with van der Waals surface area (Å²) in [4.78, 5) is 37.0. The van der Waals surface area contributed by atoms with E-state index in [1.54, 1.807) is 0 Å². The molecule has 0 fully saturated rings. The summed E-state index contributed by atoms with van der Waals surface area (Å²) in [5.41, 5.74) is 8.43. The first kappa shape index (κ1) is 25.2. The van der Waals surface area contributed by atoms with E-state index in [0.717, 1.165) is 44.5 Å². The van der Waals surface area contributed by atoms with Crippen LogP contribution in [0.4, 0.5) is 9.59 Å². The van der Waals surface area contributed by atoms with Crippen molar-refractivity contribution in [1.29, 1.82) is 0 Å². The molecule has 8 heteroatoms. The van der Waals surface area contributed by atoms with Crippen LogP contribution in [0.5, 0.6) is 0 Å². The summed E-state index contributed by atoms with van der Waals surface area (Å²) < 4.78 is 10.8. The number of rotatable bonds is 7. The van der Waals surface area contributed by atoms with Gasteiger partial charge in [0.05, 0.1) is 0 Å². The van der Waals surface area contributed by atoms with Gasteiger partial charge in [-0.2, -0.15) is 0 Å². The van der Waals surface area contributed by atoms with Gasteiger partial charge in [-0.25, -0.2) is 14.4 Å². The second kappa shape index (κ2) is 10.6. The van der Waals surface area contributed by atoms with E-state index in [0.29, 0.717) is 0 Å². The van der Waals surface area contributed by atoms with Crippen LogP contribution in [0.1, 0.15) is 34.1 Å². The number of hydrogen-bond acceptors (Lipinski definition) is 5. The van der Waals surface area contributed by atoms with Gasteiger partial charge in [0.1, 0.15) is 13.2 Å². The SMILES string of the molecule is O=C(NC(NC(=O)OCC1c2ccccc2-c2ccccc21)C(=O)O)OCC1c2ccccc2-c2ccccc21. The molecule has 2 aliphatic carbocycles. The minimum absolute atomic E-state index is 0.0111. The first-order chi connectivity index (χ1) is 19.5. The maximum Gasteiger partial charge on any atom is 0.409 e. The highest BCUT2D eigenvalue weighted by Gasteiger charge is 2.32. The average Bonchev–Trinajstić information content (AvgIpc) is 3.47. The van der Waals surface area contributed by atoms with Crippen LogP contribution in [0, 0.1) is 0 Å². The molecule has 0 bridgehead atoms. The molecule has 2 amide bonds. The third-order valence-corrected chi connectivity index (χ3v) is 7.46. The van der Waals surface area contributed by atoms with Crippen molar-refractivity contribution >= 4 is 18.2 Å². The van der Waals surface area contributed by atoms with E-state index in [1.807, 2.05) is 97.1 Å². The standard InChI is InChI=1S/C32H26N2O6/c35-30(36)29(33-31(37)39-17-27-23-13-5-1-9-19(23)20-10-2-6-14-24(20)27)34-32(38)40-18-28-25-15-7-3-11-21(25)22-12-4-8-16-26(22)28/h1-16,27-29H,17-18H2,(H,33,37)(H,34,38)(H,35,36). The van der Waals surface area contributed by atoms with Crippen molar-refractivity contribution in [2.24, 2.45) is 0 Å². The lowest BCUT2D eigenvalue weighted by molar-refractivity contribution is -0.140. The molecule has 4 aromatic rings. The molecule has 4 aromatic carbocycles. The number of fused-ring (bicyclic) bond motifs is 6. The molecule has 0 atom stereocenters. The molecule has 0 saturated heterocycles. The van der Waals surface area contributed by atoms with Crippen molar-refractivity contribution in [1.82, 2.24) is 10.6 Å². The molecule has 0 unspecified atom stereocenters. The van der Waals surface area contributed by atoms with Crippen LogP contribution in [-0.4, -0.2) is 42.6 Å². The van der Waals surface area contributed by atoms with E-state index < -0.39 is 24.3 Å². The molecule has 6 rings (SSSR count). The molecule has 200 valence electrons. The predicted octanol–water partition coefficient (Wildman–Crippen LogP) is 5.47. The van der Waals surface area contributed by atoms with Crippen molar-refractivity contribution in [3.05, 3.63) is 119 Å². The molecule has 3 N–H and O–H groups in total. The van der Waals surface area contributed by atoms with Crippen molar-refractivity contribution in [3.8, 4) is 22.3 Å². The predicted molar refractivity (Wildman–Crippen MR) is 148 cm³/mol. The topological polar surface area (TPSA) is 114 Å². The second-order valence-electron chi connectivity index (χ2n) is 9.71. The summed E-state index contributed by atoms with van der Waals surface area (Å²) >= 11 is 0. The number of carbonyl (C=O) groups is 3. The van der Waals surface area contributed by atoms with Crippen LogP contribution in [0.3, 0.4) is 0 Å². The largest absolute Gasteiger partial charge is 0.478 e. The van der Waals surface area contributed by atoms with Gasteiger partial charge >= 0.3 is 18.2 Å². The summed E-state index contributed by atoms with van der Waals surface area (Å²) in [7, 11) is 0. The number of amides is 2. The maximum absolute atomic E-state index is 12.6. The lowest BCUT2D eigenvalue weighted by Gasteiger charge is -2.19. The highest BCUT2D eigenvalue weighted by Crippen LogP contribution is 2.45. The number of ether oxygens (including phenoxy) is 2. The van der Waals surface area contributed by atoms with Crippen LogP contribution in [0.15, 0.2) is 97.1 Å². The Labute approximate surface area is 230 Å². The van der Waals surface area contributed by atoms with Crippen molar-refractivity contribution in [3.63, 3.8) is 0 Å². The minimum atomic E-state index is -1.73. The lowest BCUT2D eigenvalue weighted by atomic mass is 9.98. The first-order valence-electron chi connectivity index (χ1n) is 13.0.